The van der Waals surface area contributed by atoms with Crippen LogP contribution in [0.4, 0.5) is 0 Å². The topological polar surface area (TPSA) is 87.1 Å². The molecule has 7 nitrogen and oxygen atoms in total. The maximum Gasteiger partial charge on any atom is 0.264 e. The molecule has 0 aliphatic carbocycles. The van der Waals surface area contributed by atoms with Crippen LogP contribution in [0.3, 0.4) is 0 Å². The van der Waals surface area contributed by atoms with Crippen LogP contribution < -0.4 is 4.74 Å². The zero-order valence-electron chi connectivity index (χ0n) is 12.8. The number of hydrogen-bond donors (Lipinski definition) is 0. The summed E-state index contributed by atoms with van der Waals surface area (Å²) in [5.41, 5.74) is 1.64. The van der Waals surface area contributed by atoms with Gasteiger partial charge in [0.25, 0.3) is 5.89 Å². The first-order valence-corrected chi connectivity index (χ1v) is 7.74. The second-order valence-electron chi connectivity index (χ2n) is 5.08. The number of rotatable bonds is 5. The van der Waals surface area contributed by atoms with Crippen LogP contribution >= 0.6 is 11.6 Å². The molecule has 25 heavy (non-hydrogen) atoms. The van der Waals surface area contributed by atoms with Crippen LogP contribution in [0.2, 0.25) is 5.02 Å². The zero-order chi connectivity index (χ0) is 17.1. The van der Waals surface area contributed by atoms with Gasteiger partial charge in [0, 0.05) is 16.1 Å². The molecular formula is C17H11ClN4O3. The fourth-order valence-corrected chi connectivity index (χ4v) is 2.29. The Hall–Kier alpha value is -3.19. The molecule has 124 valence electrons. The lowest BCUT2D eigenvalue weighted by molar-refractivity contribution is 0.243. The molecule has 0 fully saturated rings. The quantitative estimate of drug-likeness (QED) is 0.534. The maximum absolute atomic E-state index is 5.87. The van der Waals surface area contributed by atoms with Crippen molar-refractivity contribution >= 4 is 11.6 Å². The van der Waals surface area contributed by atoms with Crippen LogP contribution in [-0.4, -0.2) is 20.3 Å². The molecule has 0 amide bonds. The van der Waals surface area contributed by atoms with Gasteiger partial charge in [-0.15, -0.1) is 10.2 Å². The largest absolute Gasteiger partial charge is 0.484 e. The minimum Gasteiger partial charge on any atom is -0.484 e. The first kappa shape index (κ1) is 15.3. The van der Waals surface area contributed by atoms with Crippen LogP contribution in [0.1, 0.15) is 5.89 Å². The summed E-state index contributed by atoms with van der Waals surface area (Å²) in [6, 6.07) is 14.5. The fraction of sp³-hybridized carbons (Fsp3) is 0.0588. The van der Waals surface area contributed by atoms with Crippen molar-refractivity contribution in [2.24, 2.45) is 0 Å². The van der Waals surface area contributed by atoms with Crippen molar-refractivity contribution in [3.63, 3.8) is 0 Å². The SMILES string of the molecule is Clc1ccc(-c2noc(COc3ccc(-c4nnco4)cc3)n2)cc1. The Kier molecular flexibility index (Phi) is 4.14. The number of halogens is 1. The molecule has 4 aromatic rings. The minimum absolute atomic E-state index is 0.167. The third-order valence-corrected chi connectivity index (χ3v) is 3.65. The lowest BCUT2D eigenvalue weighted by atomic mass is 10.2. The average molecular weight is 355 g/mol. The number of hydrogen-bond acceptors (Lipinski definition) is 7. The van der Waals surface area contributed by atoms with E-state index in [9.17, 15) is 0 Å². The molecule has 0 radical (unpaired) electrons. The van der Waals surface area contributed by atoms with E-state index in [1.165, 1.54) is 6.39 Å². The number of aromatic nitrogens is 4. The number of benzene rings is 2. The summed E-state index contributed by atoms with van der Waals surface area (Å²) in [6.45, 7) is 0.167. The normalized spacial score (nSPS) is 10.8. The zero-order valence-corrected chi connectivity index (χ0v) is 13.6. The molecule has 0 N–H and O–H groups in total. The summed E-state index contributed by atoms with van der Waals surface area (Å²) in [5, 5.41) is 12.1. The third-order valence-electron chi connectivity index (χ3n) is 3.39. The van der Waals surface area contributed by atoms with Gasteiger partial charge in [-0.25, -0.2) is 0 Å². The summed E-state index contributed by atoms with van der Waals surface area (Å²) in [4.78, 5) is 4.30. The highest BCUT2D eigenvalue weighted by atomic mass is 35.5. The van der Waals surface area contributed by atoms with Gasteiger partial charge in [0.2, 0.25) is 18.1 Å². The van der Waals surface area contributed by atoms with Crippen LogP contribution in [0.25, 0.3) is 22.8 Å². The van der Waals surface area contributed by atoms with E-state index in [-0.39, 0.29) is 6.61 Å². The average Bonchev–Trinajstić information content (AvgIpc) is 3.33. The minimum atomic E-state index is 0.167. The van der Waals surface area contributed by atoms with Gasteiger partial charge in [-0.1, -0.05) is 16.8 Å². The molecule has 0 unspecified atom stereocenters. The highest BCUT2D eigenvalue weighted by Gasteiger charge is 2.10. The van der Waals surface area contributed by atoms with E-state index < -0.39 is 0 Å². The molecule has 0 bridgehead atoms. The van der Waals surface area contributed by atoms with Gasteiger partial charge in [-0.3, -0.25) is 0 Å². The van der Waals surface area contributed by atoms with Gasteiger partial charge in [0.05, 0.1) is 0 Å². The van der Waals surface area contributed by atoms with Gasteiger partial charge >= 0.3 is 0 Å². The standard InChI is InChI=1S/C17H11ClN4O3/c18-13-5-1-11(2-6-13)16-20-15(25-22-16)9-23-14-7-3-12(4-8-14)17-21-19-10-24-17/h1-8,10H,9H2. The maximum atomic E-state index is 5.87. The Morgan fingerprint density at radius 3 is 2.44 bits per heavy atom. The Morgan fingerprint density at radius 2 is 1.72 bits per heavy atom. The van der Waals surface area contributed by atoms with Crippen molar-refractivity contribution in [2.75, 3.05) is 0 Å². The van der Waals surface area contributed by atoms with Gasteiger partial charge in [-0.2, -0.15) is 4.98 Å². The summed E-state index contributed by atoms with van der Waals surface area (Å²) in [5.74, 6) is 1.98. The van der Waals surface area contributed by atoms with E-state index in [0.29, 0.717) is 28.4 Å². The van der Waals surface area contributed by atoms with Crippen molar-refractivity contribution in [1.29, 1.82) is 0 Å². The van der Waals surface area contributed by atoms with Gasteiger partial charge in [0.15, 0.2) is 6.61 Å². The van der Waals surface area contributed by atoms with Crippen molar-refractivity contribution < 1.29 is 13.7 Å². The second-order valence-corrected chi connectivity index (χ2v) is 5.51. The molecule has 0 atom stereocenters. The number of ether oxygens (including phenoxy) is 1. The van der Waals surface area contributed by atoms with E-state index in [1.54, 1.807) is 24.3 Å². The lowest BCUT2D eigenvalue weighted by Crippen LogP contribution is -1.95. The molecule has 2 aromatic heterocycles. The van der Waals surface area contributed by atoms with Crippen LogP contribution in [0.15, 0.2) is 63.9 Å². The smallest absolute Gasteiger partial charge is 0.264 e. The van der Waals surface area contributed by atoms with E-state index >= 15 is 0 Å². The molecule has 0 spiro atoms. The van der Waals surface area contributed by atoms with E-state index in [0.717, 1.165) is 11.1 Å². The Bertz CT molecular complexity index is 950. The second kappa shape index (κ2) is 6.74. The van der Waals surface area contributed by atoms with Crippen molar-refractivity contribution in [1.82, 2.24) is 20.3 Å². The van der Waals surface area contributed by atoms with Crippen LogP contribution in [0.5, 0.6) is 5.75 Å². The highest BCUT2D eigenvalue weighted by Crippen LogP contribution is 2.22. The van der Waals surface area contributed by atoms with E-state index in [1.807, 2.05) is 24.3 Å². The summed E-state index contributed by atoms with van der Waals surface area (Å²) >= 11 is 5.87. The van der Waals surface area contributed by atoms with Crippen LogP contribution in [-0.2, 0) is 6.61 Å². The lowest BCUT2D eigenvalue weighted by Gasteiger charge is -2.03. The molecule has 2 heterocycles. The highest BCUT2D eigenvalue weighted by molar-refractivity contribution is 6.30. The molecular weight excluding hydrogens is 344 g/mol. The monoisotopic (exact) mass is 354 g/mol. The van der Waals surface area contributed by atoms with E-state index in [2.05, 4.69) is 20.3 Å². The molecule has 0 aliphatic heterocycles. The molecule has 4 rings (SSSR count). The van der Waals surface area contributed by atoms with Gasteiger partial charge in [-0.05, 0) is 48.5 Å². The molecule has 2 aromatic carbocycles. The predicted octanol–water partition coefficient (Wildman–Crippen LogP) is 4.02. The van der Waals surface area contributed by atoms with Crippen molar-refractivity contribution in [3.8, 4) is 28.6 Å². The van der Waals surface area contributed by atoms with Crippen molar-refractivity contribution in [2.45, 2.75) is 6.61 Å². The fourth-order valence-electron chi connectivity index (χ4n) is 2.17. The molecule has 8 heteroatoms. The number of nitrogens with zero attached hydrogens (tertiary/aromatic N) is 4. The van der Waals surface area contributed by atoms with Crippen molar-refractivity contribution in [3.05, 3.63) is 65.8 Å². The Labute approximate surface area is 147 Å². The molecule has 0 saturated heterocycles. The summed E-state index contributed by atoms with van der Waals surface area (Å²) < 4.78 is 16.0. The summed E-state index contributed by atoms with van der Waals surface area (Å²) in [6.07, 6.45) is 1.29. The summed E-state index contributed by atoms with van der Waals surface area (Å²) in [7, 11) is 0. The van der Waals surface area contributed by atoms with E-state index in [4.69, 9.17) is 25.3 Å². The first-order chi connectivity index (χ1) is 12.3. The third kappa shape index (κ3) is 3.51. The Balaban J connectivity index is 1.41. The Morgan fingerprint density at radius 1 is 0.960 bits per heavy atom. The molecule has 0 saturated carbocycles. The van der Waals surface area contributed by atoms with Gasteiger partial charge in [0.1, 0.15) is 5.75 Å². The van der Waals surface area contributed by atoms with Gasteiger partial charge < -0.3 is 13.7 Å². The first-order valence-electron chi connectivity index (χ1n) is 7.36. The predicted molar refractivity (Wildman–Crippen MR) is 88.8 cm³/mol. The molecule has 0 aliphatic rings. The van der Waals surface area contributed by atoms with Crippen LogP contribution in [0, 0.1) is 0 Å².